The molecule has 22 heavy (non-hydrogen) atoms. The lowest BCUT2D eigenvalue weighted by molar-refractivity contribution is 0.0456. The summed E-state index contributed by atoms with van der Waals surface area (Å²) >= 11 is 0. The van der Waals surface area contributed by atoms with E-state index < -0.39 is 5.97 Å². The third kappa shape index (κ3) is 2.73. The fourth-order valence-electron chi connectivity index (χ4n) is 2.01. The SMILES string of the molecule is Cc1ccc2nc(COC(=O)c3cc(C)on3)cc(=O)n2c1. The molecule has 0 spiro atoms. The van der Waals surface area contributed by atoms with E-state index in [4.69, 9.17) is 9.26 Å². The van der Waals surface area contributed by atoms with Crippen LogP contribution in [0.5, 0.6) is 0 Å². The monoisotopic (exact) mass is 299 g/mol. The second-order valence-corrected chi connectivity index (χ2v) is 4.92. The highest BCUT2D eigenvalue weighted by Crippen LogP contribution is 2.07. The van der Waals surface area contributed by atoms with E-state index in [2.05, 4.69) is 10.1 Å². The van der Waals surface area contributed by atoms with Crippen LogP contribution in [-0.4, -0.2) is 20.5 Å². The van der Waals surface area contributed by atoms with Crippen molar-refractivity contribution in [2.75, 3.05) is 0 Å². The van der Waals surface area contributed by atoms with Gasteiger partial charge in [0.25, 0.3) is 5.56 Å². The molecule has 3 rings (SSSR count). The zero-order valence-corrected chi connectivity index (χ0v) is 12.1. The normalized spacial score (nSPS) is 10.8. The van der Waals surface area contributed by atoms with Gasteiger partial charge in [0.2, 0.25) is 0 Å². The van der Waals surface area contributed by atoms with Gasteiger partial charge in [-0.1, -0.05) is 11.2 Å². The summed E-state index contributed by atoms with van der Waals surface area (Å²) in [7, 11) is 0. The first-order valence-corrected chi connectivity index (χ1v) is 6.62. The number of fused-ring (bicyclic) bond motifs is 1. The number of hydrogen-bond acceptors (Lipinski definition) is 6. The summed E-state index contributed by atoms with van der Waals surface area (Å²) in [4.78, 5) is 28.1. The number of carbonyl (C=O) groups is 1. The summed E-state index contributed by atoms with van der Waals surface area (Å²) in [5.41, 5.74) is 1.70. The standard InChI is InChI=1S/C15H13N3O4/c1-9-3-4-13-16-11(6-14(19)18(13)7-9)8-21-15(20)12-5-10(2)22-17-12/h3-7H,8H2,1-2H3. The second kappa shape index (κ2) is 5.44. The summed E-state index contributed by atoms with van der Waals surface area (Å²) in [5.74, 6) is -0.104. The molecule has 0 saturated heterocycles. The zero-order valence-electron chi connectivity index (χ0n) is 12.1. The van der Waals surface area contributed by atoms with Crippen LogP contribution in [0.3, 0.4) is 0 Å². The van der Waals surface area contributed by atoms with Crippen LogP contribution in [0.1, 0.15) is 27.5 Å². The van der Waals surface area contributed by atoms with E-state index in [-0.39, 0.29) is 17.9 Å². The summed E-state index contributed by atoms with van der Waals surface area (Å²) < 4.78 is 11.3. The number of hydrogen-bond donors (Lipinski definition) is 0. The lowest BCUT2D eigenvalue weighted by Crippen LogP contribution is -2.17. The van der Waals surface area contributed by atoms with Crippen molar-refractivity contribution in [3.63, 3.8) is 0 Å². The maximum atomic E-state index is 12.0. The van der Waals surface area contributed by atoms with E-state index in [1.54, 1.807) is 19.2 Å². The highest BCUT2D eigenvalue weighted by molar-refractivity contribution is 5.87. The Balaban J connectivity index is 1.81. The van der Waals surface area contributed by atoms with Gasteiger partial charge in [-0.2, -0.15) is 0 Å². The molecule has 3 heterocycles. The van der Waals surface area contributed by atoms with E-state index in [1.807, 2.05) is 13.0 Å². The molecule has 3 aromatic rings. The minimum absolute atomic E-state index is 0.0886. The molecule has 0 saturated carbocycles. The van der Waals surface area contributed by atoms with E-state index in [0.717, 1.165) is 5.56 Å². The molecule has 0 atom stereocenters. The van der Waals surface area contributed by atoms with Gasteiger partial charge in [0.1, 0.15) is 18.0 Å². The first-order valence-electron chi connectivity index (χ1n) is 6.62. The number of esters is 1. The van der Waals surface area contributed by atoms with Crippen LogP contribution in [0.4, 0.5) is 0 Å². The predicted octanol–water partition coefficient (Wildman–Crippen LogP) is 1.66. The first-order chi connectivity index (χ1) is 10.5. The number of pyridine rings is 1. The maximum absolute atomic E-state index is 12.0. The Kier molecular flexibility index (Phi) is 3.46. The van der Waals surface area contributed by atoms with Gasteiger partial charge in [0, 0.05) is 18.3 Å². The Bertz CT molecular complexity index is 911. The molecule has 7 nitrogen and oxygen atoms in total. The number of nitrogens with zero attached hydrogens (tertiary/aromatic N) is 3. The molecule has 0 unspecified atom stereocenters. The van der Waals surface area contributed by atoms with Gasteiger partial charge in [0.05, 0.1) is 5.69 Å². The molecular formula is C15H13N3O4. The summed E-state index contributed by atoms with van der Waals surface area (Å²) in [5, 5.41) is 3.57. The highest BCUT2D eigenvalue weighted by atomic mass is 16.5. The molecule has 0 amide bonds. The van der Waals surface area contributed by atoms with E-state index in [1.165, 1.54) is 16.5 Å². The van der Waals surface area contributed by atoms with Gasteiger partial charge >= 0.3 is 5.97 Å². The molecule has 7 heteroatoms. The highest BCUT2D eigenvalue weighted by Gasteiger charge is 2.13. The average Bonchev–Trinajstić information content (AvgIpc) is 2.92. The minimum Gasteiger partial charge on any atom is -0.454 e. The Hall–Kier alpha value is -2.96. The first kappa shape index (κ1) is 14.0. The molecule has 0 aliphatic rings. The van der Waals surface area contributed by atoms with Crippen LogP contribution in [0.25, 0.3) is 5.65 Å². The zero-order chi connectivity index (χ0) is 15.7. The van der Waals surface area contributed by atoms with Gasteiger partial charge in [-0.05, 0) is 25.5 Å². The van der Waals surface area contributed by atoms with Gasteiger partial charge in [-0.25, -0.2) is 9.78 Å². The van der Waals surface area contributed by atoms with Crippen molar-refractivity contribution >= 4 is 11.6 Å². The van der Waals surface area contributed by atoms with Crippen molar-refractivity contribution in [1.82, 2.24) is 14.5 Å². The Morgan fingerprint density at radius 1 is 1.32 bits per heavy atom. The van der Waals surface area contributed by atoms with Gasteiger partial charge < -0.3 is 9.26 Å². The molecule has 0 fully saturated rings. The third-order valence-corrected chi connectivity index (χ3v) is 3.05. The van der Waals surface area contributed by atoms with Crippen LogP contribution >= 0.6 is 0 Å². The molecule has 0 N–H and O–H groups in total. The van der Waals surface area contributed by atoms with Crippen molar-refractivity contribution < 1.29 is 14.1 Å². The topological polar surface area (TPSA) is 86.7 Å². The lowest BCUT2D eigenvalue weighted by atomic mass is 10.3. The molecule has 3 aromatic heterocycles. The van der Waals surface area contributed by atoms with Crippen molar-refractivity contribution in [1.29, 1.82) is 0 Å². The predicted molar refractivity (Wildman–Crippen MR) is 76.6 cm³/mol. The Morgan fingerprint density at radius 3 is 2.86 bits per heavy atom. The number of aryl methyl sites for hydroxylation is 2. The van der Waals surface area contributed by atoms with Crippen LogP contribution in [-0.2, 0) is 11.3 Å². The summed E-state index contributed by atoms with van der Waals surface area (Å²) in [6, 6.07) is 6.42. The number of rotatable bonds is 3. The largest absolute Gasteiger partial charge is 0.454 e. The second-order valence-electron chi connectivity index (χ2n) is 4.92. The van der Waals surface area contributed by atoms with E-state index in [9.17, 15) is 9.59 Å². The van der Waals surface area contributed by atoms with E-state index in [0.29, 0.717) is 17.1 Å². The fraction of sp³-hybridized carbons (Fsp3) is 0.200. The number of carbonyl (C=O) groups excluding carboxylic acids is 1. The fourth-order valence-corrected chi connectivity index (χ4v) is 2.01. The van der Waals surface area contributed by atoms with Gasteiger partial charge in [-0.3, -0.25) is 9.20 Å². The molecule has 0 bridgehead atoms. The quantitative estimate of drug-likeness (QED) is 0.683. The molecule has 0 radical (unpaired) electrons. The number of aromatic nitrogens is 3. The van der Waals surface area contributed by atoms with Crippen molar-refractivity contribution in [3.8, 4) is 0 Å². The Labute approximate surface area is 125 Å². The van der Waals surface area contributed by atoms with Gasteiger partial charge in [-0.15, -0.1) is 0 Å². The molecule has 0 aliphatic carbocycles. The van der Waals surface area contributed by atoms with Crippen LogP contribution in [0, 0.1) is 13.8 Å². The van der Waals surface area contributed by atoms with Gasteiger partial charge in [0.15, 0.2) is 5.69 Å². The van der Waals surface area contributed by atoms with Crippen molar-refractivity contribution in [2.24, 2.45) is 0 Å². The average molecular weight is 299 g/mol. The van der Waals surface area contributed by atoms with Crippen LogP contribution < -0.4 is 5.56 Å². The van der Waals surface area contributed by atoms with E-state index >= 15 is 0 Å². The van der Waals surface area contributed by atoms with Crippen LogP contribution in [0.2, 0.25) is 0 Å². The summed E-state index contributed by atoms with van der Waals surface area (Å²) in [6.45, 7) is 3.46. The maximum Gasteiger partial charge on any atom is 0.360 e. The van der Waals surface area contributed by atoms with Crippen molar-refractivity contribution in [2.45, 2.75) is 20.5 Å². The molecule has 0 aromatic carbocycles. The van der Waals surface area contributed by atoms with Crippen LogP contribution in [0.15, 0.2) is 39.8 Å². The molecular weight excluding hydrogens is 286 g/mol. The van der Waals surface area contributed by atoms with Crippen molar-refractivity contribution in [3.05, 3.63) is 63.5 Å². The third-order valence-electron chi connectivity index (χ3n) is 3.05. The summed E-state index contributed by atoms with van der Waals surface area (Å²) in [6.07, 6.45) is 1.71. The smallest absolute Gasteiger partial charge is 0.360 e. The minimum atomic E-state index is -0.622. The lowest BCUT2D eigenvalue weighted by Gasteiger charge is -2.05. The molecule has 112 valence electrons. The molecule has 0 aliphatic heterocycles. The number of ether oxygens (including phenoxy) is 1. The Morgan fingerprint density at radius 2 is 2.14 bits per heavy atom.